The molecule has 0 fully saturated rings. The zero-order valence-corrected chi connectivity index (χ0v) is 9.67. The van der Waals surface area contributed by atoms with Crippen LogP contribution in [0.25, 0.3) is 0 Å². The summed E-state index contributed by atoms with van der Waals surface area (Å²) in [7, 11) is 0. The third-order valence-electron chi connectivity index (χ3n) is 2.80. The molecule has 3 nitrogen and oxygen atoms in total. The van der Waals surface area contributed by atoms with Crippen LogP contribution in [0, 0.1) is 0 Å². The molecule has 2 N–H and O–H groups in total. The van der Waals surface area contributed by atoms with Gasteiger partial charge in [-0.1, -0.05) is 36.4 Å². The summed E-state index contributed by atoms with van der Waals surface area (Å²) in [6.07, 6.45) is 2.67. The molecule has 3 heteroatoms. The number of benzene rings is 1. The number of aromatic nitrogens is 1. The number of nitrogens with zero attached hydrogens (tertiary/aromatic N) is 1. The number of rotatable bonds is 4. The number of nitrogens with two attached hydrogens (primary N) is 1. The first-order chi connectivity index (χ1) is 8.31. The first-order valence-electron chi connectivity index (χ1n) is 5.73. The van der Waals surface area contributed by atoms with Crippen LogP contribution >= 0.6 is 0 Å². The fourth-order valence-corrected chi connectivity index (χ4v) is 1.81. The molecule has 1 aromatic carbocycles. The van der Waals surface area contributed by atoms with Crippen molar-refractivity contribution in [2.24, 2.45) is 5.73 Å². The van der Waals surface area contributed by atoms with E-state index in [4.69, 9.17) is 5.73 Å². The Morgan fingerprint density at radius 3 is 2.53 bits per heavy atom. The highest BCUT2D eigenvalue weighted by Crippen LogP contribution is 2.01. The smallest absolute Gasteiger partial charge is 0.255 e. The molecule has 88 valence electrons. The van der Waals surface area contributed by atoms with Gasteiger partial charge in [-0.05, 0) is 18.1 Å². The van der Waals surface area contributed by atoms with Crippen LogP contribution in [0.1, 0.15) is 11.1 Å². The maximum atomic E-state index is 11.9. The van der Waals surface area contributed by atoms with Crippen LogP contribution < -0.4 is 11.3 Å². The van der Waals surface area contributed by atoms with E-state index in [1.165, 1.54) is 5.56 Å². The molecule has 2 rings (SSSR count). The Labute approximate surface area is 101 Å². The molecule has 0 amide bonds. The van der Waals surface area contributed by atoms with E-state index in [-0.39, 0.29) is 5.56 Å². The number of pyridine rings is 1. The second-order valence-electron chi connectivity index (χ2n) is 3.97. The molecular formula is C14H16N2O. The fourth-order valence-electron chi connectivity index (χ4n) is 1.81. The Morgan fingerprint density at radius 1 is 1.06 bits per heavy atom. The van der Waals surface area contributed by atoms with Crippen molar-refractivity contribution in [3.8, 4) is 0 Å². The van der Waals surface area contributed by atoms with Gasteiger partial charge in [0.2, 0.25) is 0 Å². The lowest BCUT2D eigenvalue weighted by Crippen LogP contribution is -2.25. The summed E-state index contributed by atoms with van der Waals surface area (Å²) in [5, 5.41) is 0. The Bertz CT molecular complexity index is 531. The van der Waals surface area contributed by atoms with E-state index in [0.29, 0.717) is 18.7 Å². The normalized spacial score (nSPS) is 10.4. The first-order valence-corrected chi connectivity index (χ1v) is 5.73. The van der Waals surface area contributed by atoms with Gasteiger partial charge in [-0.3, -0.25) is 4.79 Å². The summed E-state index contributed by atoms with van der Waals surface area (Å²) in [5.74, 6) is 0. The van der Waals surface area contributed by atoms with Crippen LogP contribution in [0.3, 0.4) is 0 Å². The van der Waals surface area contributed by atoms with Crippen LogP contribution in [-0.4, -0.2) is 4.57 Å². The average molecular weight is 228 g/mol. The molecule has 0 bridgehead atoms. The zero-order valence-electron chi connectivity index (χ0n) is 9.67. The highest BCUT2D eigenvalue weighted by atomic mass is 16.1. The van der Waals surface area contributed by atoms with Crippen molar-refractivity contribution in [3.05, 3.63) is 70.1 Å². The molecule has 0 radical (unpaired) electrons. The molecule has 0 unspecified atom stereocenters. The van der Waals surface area contributed by atoms with E-state index in [9.17, 15) is 4.79 Å². The standard InChI is InChI=1S/C14H16N2O/c15-11-13-7-4-9-16(14(13)17)10-8-12-5-2-1-3-6-12/h1-7,9H,8,10-11,15H2. The monoisotopic (exact) mass is 228 g/mol. The van der Waals surface area contributed by atoms with Gasteiger partial charge in [-0.2, -0.15) is 0 Å². The number of hydrogen-bond donors (Lipinski definition) is 1. The van der Waals surface area contributed by atoms with Crippen LogP contribution in [0.4, 0.5) is 0 Å². The van der Waals surface area contributed by atoms with Crippen molar-refractivity contribution in [3.63, 3.8) is 0 Å². The van der Waals surface area contributed by atoms with Crippen LogP contribution in [0.2, 0.25) is 0 Å². The highest BCUT2D eigenvalue weighted by molar-refractivity contribution is 5.15. The largest absolute Gasteiger partial charge is 0.326 e. The van der Waals surface area contributed by atoms with Gasteiger partial charge < -0.3 is 10.3 Å². The van der Waals surface area contributed by atoms with Gasteiger partial charge in [0.15, 0.2) is 0 Å². The summed E-state index contributed by atoms with van der Waals surface area (Å²) < 4.78 is 1.72. The molecule has 0 atom stereocenters. The molecule has 1 aromatic heterocycles. The van der Waals surface area contributed by atoms with Crippen molar-refractivity contribution in [2.75, 3.05) is 0 Å². The van der Waals surface area contributed by atoms with E-state index in [1.54, 1.807) is 10.6 Å². The molecule has 0 saturated heterocycles. The van der Waals surface area contributed by atoms with Gasteiger partial charge in [0.05, 0.1) is 0 Å². The van der Waals surface area contributed by atoms with Crippen molar-refractivity contribution in [1.29, 1.82) is 0 Å². The number of aryl methyl sites for hydroxylation is 2. The van der Waals surface area contributed by atoms with Crippen molar-refractivity contribution in [1.82, 2.24) is 4.57 Å². The van der Waals surface area contributed by atoms with Gasteiger partial charge >= 0.3 is 0 Å². The molecule has 2 aromatic rings. The van der Waals surface area contributed by atoms with E-state index in [2.05, 4.69) is 12.1 Å². The maximum Gasteiger partial charge on any atom is 0.255 e. The van der Waals surface area contributed by atoms with Crippen molar-refractivity contribution in [2.45, 2.75) is 19.5 Å². The minimum Gasteiger partial charge on any atom is -0.326 e. The molecule has 0 aliphatic carbocycles. The third kappa shape index (κ3) is 2.82. The molecule has 0 saturated carbocycles. The highest BCUT2D eigenvalue weighted by Gasteiger charge is 2.01. The lowest BCUT2D eigenvalue weighted by atomic mass is 10.1. The minimum atomic E-state index is 0.0194. The van der Waals surface area contributed by atoms with Gasteiger partial charge in [-0.25, -0.2) is 0 Å². The second-order valence-corrected chi connectivity index (χ2v) is 3.97. The van der Waals surface area contributed by atoms with Gasteiger partial charge in [-0.15, -0.1) is 0 Å². The molecule has 0 aliphatic rings. The van der Waals surface area contributed by atoms with E-state index in [0.717, 1.165) is 6.42 Å². The predicted molar refractivity (Wildman–Crippen MR) is 68.7 cm³/mol. The fraction of sp³-hybridized carbons (Fsp3) is 0.214. The summed E-state index contributed by atoms with van der Waals surface area (Å²) in [6, 6.07) is 13.8. The second kappa shape index (κ2) is 5.46. The third-order valence-corrected chi connectivity index (χ3v) is 2.80. The molecule has 0 aliphatic heterocycles. The predicted octanol–water partition coefficient (Wildman–Crippen LogP) is 1.55. The topological polar surface area (TPSA) is 48.0 Å². The first kappa shape index (κ1) is 11.6. The number of hydrogen-bond acceptors (Lipinski definition) is 2. The van der Waals surface area contributed by atoms with Crippen LogP contribution in [0.5, 0.6) is 0 Å². The molecule has 0 spiro atoms. The minimum absolute atomic E-state index is 0.0194. The average Bonchev–Trinajstić information content (AvgIpc) is 2.39. The van der Waals surface area contributed by atoms with Crippen molar-refractivity contribution >= 4 is 0 Å². The Kier molecular flexibility index (Phi) is 3.73. The van der Waals surface area contributed by atoms with Crippen LogP contribution in [0.15, 0.2) is 53.5 Å². The van der Waals surface area contributed by atoms with Gasteiger partial charge in [0.25, 0.3) is 5.56 Å². The molecule has 1 heterocycles. The Hall–Kier alpha value is -1.87. The summed E-state index contributed by atoms with van der Waals surface area (Å²) in [6.45, 7) is 0.988. The van der Waals surface area contributed by atoms with E-state index < -0.39 is 0 Å². The zero-order chi connectivity index (χ0) is 12.1. The lowest BCUT2D eigenvalue weighted by Gasteiger charge is -2.07. The van der Waals surface area contributed by atoms with Crippen LogP contribution in [-0.2, 0) is 19.5 Å². The van der Waals surface area contributed by atoms with Gasteiger partial charge in [0, 0.05) is 24.8 Å². The summed E-state index contributed by atoms with van der Waals surface area (Å²) >= 11 is 0. The molecule has 17 heavy (non-hydrogen) atoms. The van der Waals surface area contributed by atoms with E-state index in [1.807, 2.05) is 30.5 Å². The van der Waals surface area contributed by atoms with Crippen molar-refractivity contribution < 1.29 is 0 Å². The summed E-state index contributed by atoms with van der Waals surface area (Å²) in [5.41, 5.74) is 7.43. The van der Waals surface area contributed by atoms with Gasteiger partial charge in [0.1, 0.15) is 0 Å². The SMILES string of the molecule is NCc1cccn(CCc2ccccc2)c1=O. The lowest BCUT2D eigenvalue weighted by molar-refractivity contribution is 0.661. The molecular weight excluding hydrogens is 212 g/mol. The quantitative estimate of drug-likeness (QED) is 0.863. The maximum absolute atomic E-state index is 11.9. The Balaban J connectivity index is 2.12. The summed E-state index contributed by atoms with van der Waals surface area (Å²) in [4.78, 5) is 11.9. The Morgan fingerprint density at radius 2 is 1.82 bits per heavy atom. The van der Waals surface area contributed by atoms with E-state index >= 15 is 0 Å².